The second-order valence-corrected chi connectivity index (χ2v) is 9.51. The van der Waals surface area contributed by atoms with E-state index in [-0.39, 0.29) is 0 Å². The Bertz CT molecular complexity index is 673. The van der Waals surface area contributed by atoms with Crippen molar-refractivity contribution in [2.45, 2.75) is 58.3 Å². The van der Waals surface area contributed by atoms with Crippen LogP contribution in [0.3, 0.4) is 0 Å². The van der Waals surface area contributed by atoms with Crippen LogP contribution in [0.5, 0.6) is 0 Å². The SMILES string of the molecule is CC(=O)CN1CCC(CCN2CCN(c3cccc4c3CCCCC4)CC2)CC1. The minimum absolute atomic E-state index is 0.302. The summed E-state index contributed by atoms with van der Waals surface area (Å²) in [7, 11) is 0. The smallest absolute Gasteiger partial charge is 0.143 e. The number of hydrogen-bond donors (Lipinski definition) is 0. The molecule has 160 valence electrons. The number of piperazine rings is 1. The van der Waals surface area contributed by atoms with Gasteiger partial charge < -0.3 is 4.90 Å². The molecule has 0 unspecified atom stereocenters. The lowest BCUT2D eigenvalue weighted by molar-refractivity contribution is -0.118. The maximum atomic E-state index is 11.3. The van der Waals surface area contributed by atoms with Crippen LogP contribution in [0.1, 0.15) is 56.6 Å². The van der Waals surface area contributed by atoms with Gasteiger partial charge in [0, 0.05) is 31.9 Å². The quantitative estimate of drug-likeness (QED) is 0.683. The molecule has 2 saturated heterocycles. The summed E-state index contributed by atoms with van der Waals surface area (Å²) in [6.45, 7) is 10.6. The van der Waals surface area contributed by atoms with Crippen LogP contribution >= 0.6 is 0 Å². The molecule has 0 bridgehead atoms. The highest BCUT2D eigenvalue weighted by molar-refractivity contribution is 5.77. The molecule has 2 fully saturated rings. The lowest BCUT2D eigenvalue weighted by Gasteiger charge is -2.38. The maximum absolute atomic E-state index is 11.3. The number of fused-ring (bicyclic) bond motifs is 1. The number of carbonyl (C=O) groups excluding carboxylic acids is 1. The second-order valence-electron chi connectivity index (χ2n) is 9.51. The van der Waals surface area contributed by atoms with Gasteiger partial charge >= 0.3 is 0 Å². The molecular weight excluding hydrogens is 358 g/mol. The molecule has 0 radical (unpaired) electrons. The van der Waals surface area contributed by atoms with E-state index >= 15 is 0 Å². The van der Waals surface area contributed by atoms with Crippen LogP contribution < -0.4 is 4.90 Å². The number of aryl methyl sites for hydroxylation is 1. The summed E-state index contributed by atoms with van der Waals surface area (Å²) in [6.07, 6.45) is 10.5. The lowest BCUT2D eigenvalue weighted by atomic mass is 9.93. The summed E-state index contributed by atoms with van der Waals surface area (Å²) in [5.74, 6) is 1.15. The highest BCUT2D eigenvalue weighted by atomic mass is 16.1. The minimum atomic E-state index is 0.302. The summed E-state index contributed by atoms with van der Waals surface area (Å²) in [5, 5.41) is 0. The minimum Gasteiger partial charge on any atom is -0.369 e. The van der Waals surface area contributed by atoms with Crippen molar-refractivity contribution < 1.29 is 4.79 Å². The normalized spacial score (nSPS) is 22.3. The summed E-state index contributed by atoms with van der Waals surface area (Å²) in [5.41, 5.74) is 4.79. The van der Waals surface area contributed by atoms with Gasteiger partial charge in [-0.05, 0) is 94.6 Å². The number of piperidine rings is 1. The summed E-state index contributed by atoms with van der Waals surface area (Å²) < 4.78 is 0. The van der Waals surface area contributed by atoms with E-state index in [1.54, 1.807) is 18.1 Å². The molecule has 4 rings (SSSR count). The Morgan fingerprint density at radius 3 is 2.45 bits per heavy atom. The highest BCUT2D eigenvalue weighted by Gasteiger charge is 2.23. The molecule has 2 aliphatic heterocycles. The lowest BCUT2D eigenvalue weighted by Crippen LogP contribution is -2.47. The van der Waals surface area contributed by atoms with E-state index in [1.165, 1.54) is 89.8 Å². The Labute approximate surface area is 177 Å². The van der Waals surface area contributed by atoms with Gasteiger partial charge in [-0.3, -0.25) is 14.6 Å². The second kappa shape index (κ2) is 10.1. The fourth-order valence-corrected chi connectivity index (χ4v) is 5.56. The number of rotatable bonds is 6. The predicted octanol–water partition coefficient (Wildman–Crippen LogP) is 3.77. The largest absolute Gasteiger partial charge is 0.369 e. The zero-order chi connectivity index (χ0) is 20.1. The molecular formula is C25H39N3O. The molecule has 0 spiro atoms. The van der Waals surface area contributed by atoms with E-state index in [0.29, 0.717) is 12.3 Å². The Hall–Kier alpha value is -1.39. The summed E-state index contributed by atoms with van der Waals surface area (Å²) >= 11 is 0. The molecule has 0 atom stereocenters. The number of carbonyl (C=O) groups is 1. The zero-order valence-electron chi connectivity index (χ0n) is 18.4. The number of nitrogens with zero attached hydrogens (tertiary/aromatic N) is 3. The van der Waals surface area contributed by atoms with Gasteiger partial charge in [-0.15, -0.1) is 0 Å². The first-order valence-corrected chi connectivity index (χ1v) is 12.0. The topological polar surface area (TPSA) is 26.8 Å². The van der Waals surface area contributed by atoms with Crippen molar-refractivity contribution in [1.29, 1.82) is 0 Å². The van der Waals surface area contributed by atoms with Crippen LogP contribution in [0, 0.1) is 5.92 Å². The van der Waals surface area contributed by atoms with Crippen molar-refractivity contribution in [2.24, 2.45) is 5.92 Å². The van der Waals surface area contributed by atoms with Crippen molar-refractivity contribution in [1.82, 2.24) is 9.80 Å². The van der Waals surface area contributed by atoms with Crippen LogP contribution in [0.4, 0.5) is 5.69 Å². The molecule has 0 amide bonds. The first kappa shape index (κ1) is 20.9. The van der Waals surface area contributed by atoms with E-state index < -0.39 is 0 Å². The molecule has 1 aromatic carbocycles. The van der Waals surface area contributed by atoms with Gasteiger partial charge in [-0.1, -0.05) is 18.6 Å². The summed E-state index contributed by atoms with van der Waals surface area (Å²) in [4.78, 5) is 19.0. The first-order chi connectivity index (χ1) is 14.2. The number of hydrogen-bond acceptors (Lipinski definition) is 4. The van der Waals surface area contributed by atoms with Gasteiger partial charge in [0.05, 0.1) is 6.54 Å². The van der Waals surface area contributed by atoms with E-state index in [9.17, 15) is 4.79 Å². The van der Waals surface area contributed by atoms with Crippen LogP contribution in [-0.2, 0) is 17.6 Å². The molecule has 0 aromatic heterocycles. The Morgan fingerprint density at radius 2 is 1.69 bits per heavy atom. The van der Waals surface area contributed by atoms with Crippen molar-refractivity contribution in [3.63, 3.8) is 0 Å². The molecule has 3 aliphatic rings. The number of Topliss-reactive ketones (excluding diaryl/α,β-unsaturated/α-hetero) is 1. The van der Waals surface area contributed by atoms with Gasteiger partial charge in [-0.25, -0.2) is 0 Å². The Balaban J connectivity index is 1.22. The molecule has 1 aliphatic carbocycles. The van der Waals surface area contributed by atoms with Crippen LogP contribution in [-0.4, -0.2) is 67.9 Å². The molecule has 4 heteroatoms. The maximum Gasteiger partial charge on any atom is 0.143 e. The van der Waals surface area contributed by atoms with Crippen LogP contribution in [0.2, 0.25) is 0 Å². The van der Waals surface area contributed by atoms with Gasteiger partial charge in [0.25, 0.3) is 0 Å². The first-order valence-electron chi connectivity index (χ1n) is 12.0. The average molecular weight is 398 g/mol. The van der Waals surface area contributed by atoms with Crippen LogP contribution in [0.25, 0.3) is 0 Å². The monoisotopic (exact) mass is 397 g/mol. The predicted molar refractivity (Wildman–Crippen MR) is 121 cm³/mol. The fraction of sp³-hybridized carbons (Fsp3) is 0.720. The number of anilines is 1. The zero-order valence-corrected chi connectivity index (χ0v) is 18.4. The number of ketones is 1. The molecule has 0 N–H and O–H groups in total. The van der Waals surface area contributed by atoms with Gasteiger partial charge in [0.15, 0.2) is 0 Å². The van der Waals surface area contributed by atoms with E-state index in [0.717, 1.165) is 19.0 Å². The molecule has 1 aromatic rings. The van der Waals surface area contributed by atoms with Gasteiger partial charge in [0.1, 0.15) is 5.78 Å². The highest BCUT2D eigenvalue weighted by Crippen LogP contribution is 2.30. The standard InChI is InChI=1S/C25H39N3O/c1-21(29)20-27-14-11-22(12-15-27)10-13-26-16-18-28(19-17-26)25-9-5-7-23-6-3-2-4-8-24(23)25/h5,7,9,22H,2-4,6,8,10-20H2,1H3. The molecule has 0 saturated carbocycles. The van der Waals surface area contributed by atoms with Gasteiger partial charge in [0.2, 0.25) is 0 Å². The van der Waals surface area contributed by atoms with Gasteiger partial charge in [-0.2, -0.15) is 0 Å². The third-order valence-electron chi connectivity index (χ3n) is 7.34. The third-order valence-corrected chi connectivity index (χ3v) is 7.34. The van der Waals surface area contributed by atoms with Crippen molar-refractivity contribution >= 4 is 11.5 Å². The number of benzene rings is 1. The Morgan fingerprint density at radius 1 is 0.931 bits per heavy atom. The molecule has 4 nitrogen and oxygen atoms in total. The van der Waals surface area contributed by atoms with E-state index in [4.69, 9.17) is 0 Å². The van der Waals surface area contributed by atoms with Crippen LogP contribution in [0.15, 0.2) is 18.2 Å². The number of likely N-dealkylation sites (tertiary alicyclic amines) is 1. The van der Waals surface area contributed by atoms with E-state index in [1.807, 2.05) is 0 Å². The molecule has 29 heavy (non-hydrogen) atoms. The third kappa shape index (κ3) is 5.61. The van der Waals surface area contributed by atoms with Crippen molar-refractivity contribution in [3.05, 3.63) is 29.3 Å². The fourth-order valence-electron chi connectivity index (χ4n) is 5.56. The van der Waals surface area contributed by atoms with Crippen molar-refractivity contribution in [2.75, 3.05) is 57.3 Å². The van der Waals surface area contributed by atoms with Crippen molar-refractivity contribution in [3.8, 4) is 0 Å². The average Bonchev–Trinajstić information content (AvgIpc) is 2.99. The summed E-state index contributed by atoms with van der Waals surface area (Å²) in [6, 6.07) is 7.01. The Kier molecular flexibility index (Phi) is 7.25. The van der Waals surface area contributed by atoms with E-state index in [2.05, 4.69) is 32.9 Å². The molecule has 2 heterocycles.